The van der Waals surface area contributed by atoms with Crippen molar-refractivity contribution >= 4 is 23.6 Å². The van der Waals surface area contributed by atoms with E-state index < -0.39 is 24.0 Å². The van der Waals surface area contributed by atoms with Crippen LogP contribution >= 0.6 is 0 Å². The maximum Gasteiger partial charge on any atom is 0.274 e. The van der Waals surface area contributed by atoms with E-state index in [0.717, 1.165) is 0 Å². The van der Waals surface area contributed by atoms with Gasteiger partial charge in [0.15, 0.2) is 12.2 Å². The van der Waals surface area contributed by atoms with Gasteiger partial charge in [-0.3, -0.25) is 28.9 Å². The quantitative estimate of drug-likeness (QED) is 0.345. The third kappa shape index (κ3) is 9.44. The number of hydrogen-bond acceptors (Lipinski definition) is 6. The summed E-state index contributed by atoms with van der Waals surface area (Å²) in [6, 6.07) is 5.92. The molecule has 206 valence electrons. The summed E-state index contributed by atoms with van der Waals surface area (Å²) in [4.78, 5) is 62.7. The van der Waals surface area contributed by atoms with Gasteiger partial charge in [0.1, 0.15) is 0 Å². The highest BCUT2D eigenvalue weighted by Crippen LogP contribution is 2.22. The molecule has 3 N–H and O–H groups in total. The summed E-state index contributed by atoms with van der Waals surface area (Å²) in [6.45, 7) is 15.1. The van der Waals surface area contributed by atoms with Crippen LogP contribution in [0.4, 0.5) is 0 Å². The number of amides is 4. The molecule has 2 unspecified atom stereocenters. The second-order valence-electron chi connectivity index (χ2n) is 10.9. The molecule has 0 spiro atoms. The van der Waals surface area contributed by atoms with Crippen molar-refractivity contribution in [2.24, 2.45) is 17.8 Å². The SMILES string of the molecule is CC(C)CNC(=O)C(CC(C)C)ONC(=O)c1ccc(C(=O)NO[C@@H]2CC(C)N(CC(C)C)C2=O)cc1. The van der Waals surface area contributed by atoms with Crippen molar-refractivity contribution in [3.05, 3.63) is 35.4 Å². The van der Waals surface area contributed by atoms with Crippen LogP contribution in [0.15, 0.2) is 24.3 Å². The first-order valence-corrected chi connectivity index (χ1v) is 13.0. The van der Waals surface area contributed by atoms with Crippen LogP contribution in [0, 0.1) is 17.8 Å². The third-order valence-electron chi connectivity index (χ3n) is 5.87. The van der Waals surface area contributed by atoms with Crippen LogP contribution in [-0.4, -0.2) is 59.9 Å². The number of rotatable bonds is 13. The van der Waals surface area contributed by atoms with E-state index in [1.54, 1.807) is 4.90 Å². The van der Waals surface area contributed by atoms with Crippen LogP contribution in [0.3, 0.4) is 0 Å². The van der Waals surface area contributed by atoms with Gasteiger partial charge >= 0.3 is 0 Å². The molecule has 1 fully saturated rings. The Morgan fingerprint density at radius 2 is 1.49 bits per heavy atom. The summed E-state index contributed by atoms with van der Waals surface area (Å²) in [5, 5.41) is 2.82. The lowest BCUT2D eigenvalue weighted by Gasteiger charge is -2.23. The predicted octanol–water partition coefficient (Wildman–Crippen LogP) is 2.84. The van der Waals surface area contributed by atoms with Crippen molar-refractivity contribution in [2.45, 2.75) is 79.6 Å². The normalized spacial score (nSPS) is 18.4. The van der Waals surface area contributed by atoms with Crippen LogP contribution in [0.1, 0.15) is 82.0 Å². The number of likely N-dealkylation sites (tertiary alicyclic amines) is 1. The van der Waals surface area contributed by atoms with Gasteiger partial charge in [-0.15, -0.1) is 0 Å². The second-order valence-corrected chi connectivity index (χ2v) is 10.9. The molecule has 1 aliphatic heterocycles. The van der Waals surface area contributed by atoms with Crippen molar-refractivity contribution in [2.75, 3.05) is 13.1 Å². The average Bonchev–Trinajstić information content (AvgIpc) is 3.10. The maximum absolute atomic E-state index is 12.6. The minimum absolute atomic E-state index is 0.0400. The second kappa shape index (κ2) is 14.1. The van der Waals surface area contributed by atoms with Crippen molar-refractivity contribution in [1.82, 2.24) is 21.2 Å². The number of hydroxylamine groups is 2. The standard InChI is InChI=1S/C27H42N4O6/c1-16(2)12-22(26(34)28-14-17(3)4)36-29-24(32)20-8-10-21(11-9-20)25(33)30-37-23-13-19(7)31(27(23)35)15-18(5)6/h8-11,16-19,22-23H,12-15H2,1-7H3,(H,28,34)(H,29,32)(H,30,33)/t19?,22?,23-/m1/s1. The summed E-state index contributed by atoms with van der Waals surface area (Å²) < 4.78 is 0. The topological polar surface area (TPSA) is 126 Å². The number of hydrogen-bond donors (Lipinski definition) is 3. The lowest BCUT2D eigenvalue weighted by molar-refractivity contribution is -0.141. The fourth-order valence-electron chi connectivity index (χ4n) is 3.90. The molecule has 0 bridgehead atoms. The zero-order chi connectivity index (χ0) is 27.7. The lowest BCUT2D eigenvalue weighted by atomic mass is 10.1. The van der Waals surface area contributed by atoms with Crippen LogP contribution in [-0.2, 0) is 19.3 Å². The van der Waals surface area contributed by atoms with Crippen molar-refractivity contribution < 1.29 is 28.9 Å². The van der Waals surface area contributed by atoms with E-state index in [-0.39, 0.29) is 34.9 Å². The Labute approximate surface area is 219 Å². The predicted molar refractivity (Wildman–Crippen MR) is 139 cm³/mol. The van der Waals surface area contributed by atoms with Gasteiger partial charge in [0.2, 0.25) is 0 Å². The van der Waals surface area contributed by atoms with Gasteiger partial charge in [-0.1, -0.05) is 41.5 Å². The number of carbonyl (C=O) groups is 4. The van der Waals surface area contributed by atoms with Gasteiger partial charge in [-0.05, 0) is 55.4 Å². The van der Waals surface area contributed by atoms with Crippen LogP contribution in [0.5, 0.6) is 0 Å². The highest BCUT2D eigenvalue weighted by atomic mass is 16.7. The monoisotopic (exact) mass is 518 g/mol. The van der Waals surface area contributed by atoms with E-state index in [1.165, 1.54) is 24.3 Å². The summed E-state index contributed by atoms with van der Waals surface area (Å²) in [7, 11) is 0. The van der Waals surface area contributed by atoms with Gasteiger partial charge in [-0.2, -0.15) is 0 Å². The molecule has 1 saturated heterocycles. The molecule has 10 nitrogen and oxygen atoms in total. The maximum atomic E-state index is 12.6. The fraction of sp³-hybridized carbons (Fsp3) is 0.630. The minimum atomic E-state index is -0.817. The van der Waals surface area contributed by atoms with Gasteiger partial charge in [-0.25, -0.2) is 11.0 Å². The third-order valence-corrected chi connectivity index (χ3v) is 5.87. The molecule has 1 aromatic rings. The smallest absolute Gasteiger partial charge is 0.274 e. The van der Waals surface area contributed by atoms with Crippen LogP contribution in [0.25, 0.3) is 0 Å². The molecule has 3 atom stereocenters. The molecule has 2 rings (SSSR count). The summed E-state index contributed by atoms with van der Waals surface area (Å²) in [5.41, 5.74) is 5.21. The van der Waals surface area contributed by atoms with Crippen LogP contribution in [0.2, 0.25) is 0 Å². The molecule has 0 aliphatic carbocycles. The Morgan fingerprint density at radius 3 is 2.00 bits per heavy atom. The first-order valence-electron chi connectivity index (χ1n) is 13.0. The Bertz CT molecular complexity index is 931. The highest BCUT2D eigenvalue weighted by Gasteiger charge is 2.38. The molecule has 10 heteroatoms. The molecule has 0 aromatic heterocycles. The number of benzene rings is 1. The molecule has 4 amide bonds. The van der Waals surface area contributed by atoms with E-state index in [2.05, 4.69) is 16.3 Å². The number of nitrogens with one attached hydrogen (secondary N) is 3. The molecule has 1 aromatic carbocycles. The summed E-state index contributed by atoms with van der Waals surface area (Å²) >= 11 is 0. The van der Waals surface area contributed by atoms with E-state index in [1.807, 2.05) is 48.5 Å². The fourth-order valence-corrected chi connectivity index (χ4v) is 3.90. The van der Waals surface area contributed by atoms with Gasteiger partial charge in [0, 0.05) is 36.7 Å². The van der Waals surface area contributed by atoms with E-state index >= 15 is 0 Å². The van der Waals surface area contributed by atoms with Gasteiger partial charge in [0.05, 0.1) is 0 Å². The van der Waals surface area contributed by atoms with E-state index in [4.69, 9.17) is 9.68 Å². The molecule has 37 heavy (non-hydrogen) atoms. The Hall–Kier alpha value is -2.98. The van der Waals surface area contributed by atoms with Gasteiger partial charge < -0.3 is 10.2 Å². The highest BCUT2D eigenvalue weighted by molar-refractivity contribution is 5.97. The van der Waals surface area contributed by atoms with Crippen LogP contribution < -0.4 is 16.3 Å². The molecular formula is C27H42N4O6. The molecular weight excluding hydrogens is 476 g/mol. The summed E-state index contributed by atoms with van der Waals surface area (Å²) in [6.07, 6.45) is -0.599. The molecule has 0 radical (unpaired) electrons. The molecule has 1 heterocycles. The zero-order valence-corrected chi connectivity index (χ0v) is 23.0. The first kappa shape index (κ1) is 30.2. The van der Waals surface area contributed by atoms with Crippen molar-refractivity contribution in [3.8, 4) is 0 Å². The molecule has 0 saturated carbocycles. The van der Waals surface area contributed by atoms with Crippen molar-refractivity contribution in [3.63, 3.8) is 0 Å². The Kier molecular flexibility index (Phi) is 11.5. The zero-order valence-electron chi connectivity index (χ0n) is 23.0. The largest absolute Gasteiger partial charge is 0.354 e. The number of carbonyl (C=O) groups excluding carboxylic acids is 4. The number of nitrogens with zero attached hydrogens (tertiary/aromatic N) is 1. The van der Waals surface area contributed by atoms with E-state index in [0.29, 0.717) is 37.8 Å². The Balaban J connectivity index is 1.89. The summed E-state index contributed by atoms with van der Waals surface area (Å²) in [5.74, 6) is -0.661. The Morgan fingerprint density at radius 1 is 0.919 bits per heavy atom. The average molecular weight is 519 g/mol. The van der Waals surface area contributed by atoms with Crippen molar-refractivity contribution in [1.29, 1.82) is 0 Å². The van der Waals surface area contributed by atoms with Gasteiger partial charge in [0.25, 0.3) is 23.6 Å². The first-order chi connectivity index (χ1) is 17.4. The molecule has 1 aliphatic rings. The van der Waals surface area contributed by atoms with E-state index in [9.17, 15) is 19.2 Å². The lowest BCUT2D eigenvalue weighted by Crippen LogP contribution is -2.42. The minimum Gasteiger partial charge on any atom is -0.354 e.